The van der Waals surface area contributed by atoms with Crippen molar-refractivity contribution in [3.8, 4) is 11.3 Å². The number of allylic oxidation sites excluding steroid dienone is 2. The lowest BCUT2D eigenvalue weighted by atomic mass is 9.86. The van der Waals surface area contributed by atoms with Crippen molar-refractivity contribution < 1.29 is 4.79 Å². The van der Waals surface area contributed by atoms with Crippen LogP contribution in [0.15, 0.2) is 36.4 Å². The van der Waals surface area contributed by atoms with Gasteiger partial charge in [0.25, 0.3) is 0 Å². The Morgan fingerprint density at radius 1 is 1.20 bits per heavy atom. The second-order valence-electron chi connectivity index (χ2n) is 7.72. The average molecular weight is 355 g/mol. The van der Waals surface area contributed by atoms with E-state index in [4.69, 9.17) is 0 Å². The van der Waals surface area contributed by atoms with E-state index >= 15 is 0 Å². The van der Waals surface area contributed by atoms with Crippen LogP contribution >= 0.6 is 11.3 Å². The molecule has 1 heterocycles. The lowest BCUT2D eigenvalue weighted by molar-refractivity contribution is -0.120. The number of anilines is 1. The Morgan fingerprint density at radius 3 is 2.52 bits per heavy atom. The normalized spacial score (nSPS) is 17.5. The van der Waals surface area contributed by atoms with E-state index in [9.17, 15) is 4.79 Å². The van der Waals surface area contributed by atoms with Crippen LogP contribution in [-0.4, -0.2) is 10.9 Å². The SMILES string of the molecule is Cc1sc(NC(=O)C2CC=CCC2)nc1-c1ccc(C(C)(C)C)cc1. The lowest BCUT2D eigenvalue weighted by Crippen LogP contribution is -2.23. The Bertz CT molecular complexity index is 781. The van der Waals surface area contributed by atoms with Crippen molar-refractivity contribution in [3.63, 3.8) is 0 Å². The van der Waals surface area contributed by atoms with Gasteiger partial charge in [0.1, 0.15) is 0 Å². The van der Waals surface area contributed by atoms with E-state index in [1.165, 1.54) is 5.56 Å². The number of carbonyl (C=O) groups excluding carboxylic acids is 1. The molecule has 1 aromatic carbocycles. The summed E-state index contributed by atoms with van der Waals surface area (Å²) in [4.78, 5) is 18.2. The molecule has 3 nitrogen and oxygen atoms in total. The van der Waals surface area contributed by atoms with Gasteiger partial charge >= 0.3 is 0 Å². The van der Waals surface area contributed by atoms with Gasteiger partial charge in [-0.05, 0) is 37.2 Å². The molecule has 132 valence electrons. The average Bonchev–Trinajstić information content (AvgIpc) is 2.95. The Kier molecular flexibility index (Phi) is 5.09. The minimum atomic E-state index is 0.0729. The first-order valence-corrected chi connectivity index (χ1v) is 9.70. The number of amides is 1. The number of thiazole rings is 1. The van der Waals surface area contributed by atoms with Gasteiger partial charge in [0, 0.05) is 16.4 Å². The van der Waals surface area contributed by atoms with Crippen molar-refractivity contribution in [2.24, 2.45) is 5.92 Å². The van der Waals surface area contributed by atoms with Gasteiger partial charge < -0.3 is 5.32 Å². The first-order chi connectivity index (χ1) is 11.8. The van der Waals surface area contributed by atoms with Crippen LogP contribution in [0.1, 0.15) is 50.5 Å². The fraction of sp³-hybridized carbons (Fsp3) is 0.429. The molecule has 1 unspecified atom stereocenters. The molecule has 1 N–H and O–H groups in total. The molecular formula is C21H26N2OS. The Labute approximate surface area is 154 Å². The third-order valence-electron chi connectivity index (χ3n) is 4.69. The van der Waals surface area contributed by atoms with Crippen molar-refractivity contribution in [3.05, 3.63) is 46.9 Å². The maximum atomic E-state index is 12.4. The zero-order valence-corrected chi connectivity index (χ0v) is 16.2. The molecule has 1 aliphatic carbocycles. The van der Waals surface area contributed by atoms with Crippen molar-refractivity contribution in [2.75, 3.05) is 5.32 Å². The maximum absolute atomic E-state index is 12.4. The summed E-state index contributed by atoms with van der Waals surface area (Å²) in [7, 11) is 0. The topological polar surface area (TPSA) is 42.0 Å². The molecule has 0 spiro atoms. The van der Waals surface area contributed by atoms with E-state index in [0.717, 1.165) is 35.4 Å². The summed E-state index contributed by atoms with van der Waals surface area (Å²) in [5.41, 5.74) is 3.51. The zero-order chi connectivity index (χ0) is 18.0. The Hall–Kier alpha value is -1.94. The van der Waals surface area contributed by atoms with Crippen molar-refractivity contribution >= 4 is 22.4 Å². The van der Waals surface area contributed by atoms with Gasteiger partial charge in [-0.3, -0.25) is 4.79 Å². The van der Waals surface area contributed by atoms with Gasteiger partial charge in [-0.1, -0.05) is 57.2 Å². The number of aromatic nitrogens is 1. The van der Waals surface area contributed by atoms with E-state index in [2.05, 4.69) is 74.4 Å². The number of benzene rings is 1. The third kappa shape index (κ3) is 4.18. The largest absolute Gasteiger partial charge is 0.302 e. The summed E-state index contributed by atoms with van der Waals surface area (Å²) in [5.74, 6) is 0.163. The summed E-state index contributed by atoms with van der Waals surface area (Å²) >= 11 is 1.55. The summed E-state index contributed by atoms with van der Waals surface area (Å²) < 4.78 is 0. The monoisotopic (exact) mass is 354 g/mol. The first-order valence-electron chi connectivity index (χ1n) is 8.89. The highest BCUT2D eigenvalue weighted by molar-refractivity contribution is 7.16. The molecular weight excluding hydrogens is 328 g/mol. The minimum absolute atomic E-state index is 0.0729. The predicted octanol–water partition coefficient (Wildman–Crippen LogP) is 5.71. The molecule has 0 aliphatic heterocycles. The second-order valence-corrected chi connectivity index (χ2v) is 8.92. The smallest absolute Gasteiger partial charge is 0.229 e. The first kappa shape index (κ1) is 17.9. The molecule has 1 atom stereocenters. The van der Waals surface area contributed by atoms with Crippen LogP contribution in [0.4, 0.5) is 5.13 Å². The van der Waals surface area contributed by atoms with Crippen LogP contribution in [0.25, 0.3) is 11.3 Å². The number of hydrogen-bond acceptors (Lipinski definition) is 3. The van der Waals surface area contributed by atoms with Crippen molar-refractivity contribution in [1.29, 1.82) is 0 Å². The van der Waals surface area contributed by atoms with Crippen LogP contribution in [0.5, 0.6) is 0 Å². The van der Waals surface area contributed by atoms with E-state index < -0.39 is 0 Å². The predicted molar refractivity (Wildman–Crippen MR) is 106 cm³/mol. The summed E-state index contributed by atoms with van der Waals surface area (Å²) in [6.45, 7) is 8.70. The fourth-order valence-corrected chi connectivity index (χ4v) is 3.92. The minimum Gasteiger partial charge on any atom is -0.302 e. The molecule has 0 fully saturated rings. The molecule has 0 bridgehead atoms. The number of aryl methyl sites for hydroxylation is 1. The molecule has 1 aromatic heterocycles. The van der Waals surface area contributed by atoms with Gasteiger partial charge in [-0.15, -0.1) is 11.3 Å². The van der Waals surface area contributed by atoms with Crippen LogP contribution < -0.4 is 5.32 Å². The molecule has 2 aromatic rings. The quantitative estimate of drug-likeness (QED) is 0.717. The third-order valence-corrected chi connectivity index (χ3v) is 5.58. The molecule has 4 heteroatoms. The molecule has 25 heavy (non-hydrogen) atoms. The molecule has 3 rings (SSSR count). The van der Waals surface area contributed by atoms with Gasteiger partial charge in [0.15, 0.2) is 5.13 Å². The second kappa shape index (κ2) is 7.12. The zero-order valence-electron chi connectivity index (χ0n) is 15.4. The number of rotatable bonds is 3. The molecule has 0 radical (unpaired) electrons. The highest BCUT2D eigenvalue weighted by Crippen LogP contribution is 2.32. The highest BCUT2D eigenvalue weighted by atomic mass is 32.1. The van der Waals surface area contributed by atoms with Crippen molar-refractivity contribution in [1.82, 2.24) is 4.98 Å². The summed E-state index contributed by atoms with van der Waals surface area (Å²) in [6, 6.07) is 8.59. The molecule has 1 amide bonds. The Balaban J connectivity index is 1.76. The highest BCUT2D eigenvalue weighted by Gasteiger charge is 2.21. The van der Waals surface area contributed by atoms with Crippen LogP contribution in [0.3, 0.4) is 0 Å². The standard InChI is InChI=1S/C21H26N2OS/c1-14-18(15-10-12-17(13-11-15)21(2,3)4)22-20(25-14)23-19(24)16-8-6-5-7-9-16/h5-6,10-13,16H,7-9H2,1-4H3,(H,22,23,24). The summed E-state index contributed by atoms with van der Waals surface area (Å²) in [6.07, 6.45) is 6.99. The van der Waals surface area contributed by atoms with Crippen LogP contribution in [0, 0.1) is 12.8 Å². The lowest BCUT2D eigenvalue weighted by Gasteiger charge is -2.19. The van der Waals surface area contributed by atoms with E-state index in [1.807, 2.05) is 0 Å². The van der Waals surface area contributed by atoms with E-state index in [1.54, 1.807) is 11.3 Å². The van der Waals surface area contributed by atoms with Gasteiger partial charge in [-0.2, -0.15) is 0 Å². The number of hydrogen-bond donors (Lipinski definition) is 1. The Morgan fingerprint density at radius 2 is 1.92 bits per heavy atom. The summed E-state index contributed by atoms with van der Waals surface area (Å²) in [5, 5.41) is 3.71. The number of carbonyl (C=O) groups is 1. The number of nitrogens with zero attached hydrogens (tertiary/aromatic N) is 1. The fourth-order valence-electron chi connectivity index (χ4n) is 3.09. The molecule has 0 saturated carbocycles. The maximum Gasteiger partial charge on any atom is 0.229 e. The van der Waals surface area contributed by atoms with Gasteiger partial charge in [-0.25, -0.2) is 4.98 Å². The molecule has 1 aliphatic rings. The van der Waals surface area contributed by atoms with Gasteiger partial charge in [0.05, 0.1) is 5.69 Å². The van der Waals surface area contributed by atoms with Gasteiger partial charge in [0.2, 0.25) is 5.91 Å². The van der Waals surface area contributed by atoms with E-state index in [0.29, 0.717) is 5.13 Å². The molecule has 0 saturated heterocycles. The number of nitrogens with one attached hydrogen (secondary N) is 1. The van der Waals surface area contributed by atoms with Crippen LogP contribution in [0.2, 0.25) is 0 Å². The van der Waals surface area contributed by atoms with Crippen molar-refractivity contribution in [2.45, 2.75) is 52.4 Å². The van der Waals surface area contributed by atoms with Crippen LogP contribution in [-0.2, 0) is 10.2 Å². The van der Waals surface area contributed by atoms with E-state index in [-0.39, 0.29) is 17.2 Å².